The molecule has 1 aliphatic rings. The number of hydrogen-bond acceptors (Lipinski definition) is 4. The first-order valence-corrected chi connectivity index (χ1v) is 7.12. The minimum Gasteiger partial charge on any atom is -0.471 e. The fourth-order valence-electron chi connectivity index (χ4n) is 1.69. The van der Waals surface area contributed by atoms with E-state index < -0.39 is 19.0 Å². The minimum atomic E-state index is -4.23. The summed E-state index contributed by atoms with van der Waals surface area (Å²) >= 11 is 0. The van der Waals surface area contributed by atoms with Crippen LogP contribution in [0.4, 0.5) is 23.2 Å². The number of halogens is 6. The second-order valence-corrected chi connectivity index (χ2v) is 5.36. The van der Waals surface area contributed by atoms with Gasteiger partial charge in [-0.05, 0) is 31.4 Å². The zero-order chi connectivity index (χ0) is 16.9. The zero-order valence-corrected chi connectivity index (χ0v) is 14.6. The van der Waals surface area contributed by atoms with E-state index in [0.717, 1.165) is 6.54 Å². The molecule has 0 unspecified atom stereocenters. The third kappa shape index (κ3) is 8.55. The molecule has 0 spiro atoms. The topological polar surface area (TPSA) is 63.2 Å². The van der Waals surface area contributed by atoms with E-state index in [2.05, 4.69) is 20.4 Å². The largest absolute Gasteiger partial charge is 0.471 e. The first kappa shape index (κ1) is 23.7. The molecule has 2 rings (SSSR count). The van der Waals surface area contributed by atoms with E-state index in [4.69, 9.17) is 0 Å². The molecule has 1 aromatic heterocycles. The van der Waals surface area contributed by atoms with Crippen molar-refractivity contribution in [3.63, 3.8) is 0 Å². The molecule has 0 bridgehead atoms. The Bertz CT molecular complexity index is 531. The summed E-state index contributed by atoms with van der Waals surface area (Å²) in [6, 6.07) is 2.61. The fraction of sp³-hybridized carbons (Fsp3) is 0.571. The van der Waals surface area contributed by atoms with E-state index in [9.17, 15) is 22.4 Å². The summed E-state index contributed by atoms with van der Waals surface area (Å²) in [4.78, 5) is 15.3. The van der Waals surface area contributed by atoms with E-state index in [-0.39, 0.29) is 43.1 Å². The third-order valence-corrected chi connectivity index (χ3v) is 3.17. The maximum atomic E-state index is 12.7. The number of carbonyl (C=O) groups is 1. The maximum Gasteiger partial charge on any atom is 0.340 e. The Hall–Kier alpha value is -1.32. The van der Waals surface area contributed by atoms with Crippen LogP contribution in [0.1, 0.15) is 12.8 Å². The van der Waals surface area contributed by atoms with Gasteiger partial charge in [0.05, 0.1) is 18.4 Å². The van der Waals surface area contributed by atoms with E-state index >= 15 is 0 Å². The van der Waals surface area contributed by atoms with Crippen molar-refractivity contribution in [1.82, 2.24) is 10.3 Å². The predicted octanol–water partition coefficient (Wildman–Crippen LogP) is 3.14. The van der Waals surface area contributed by atoms with Crippen LogP contribution in [0.5, 0.6) is 5.88 Å². The molecule has 5 nitrogen and oxygen atoms in total. The summed E-state index contributed by atoms with van der Waals surface area (Å²) < 4.78 is 53.9. The fourth-order valence-corrected chi connectivity index (χ4v) is 1.69. The lowest BCUT2D eigenvalue weighted by Crippen LogP contribution is -2.33. The molecule has 0 aliphatic heterocycles. The van der Waals surface area contributed by atoms with Gasteiger partial charge in [0.1, 0.15) is 0 Å². The number of nitrogens with zero attached hydrogens (tertiary/aromatic N) is 1. The smallest absolute Gasteiger partial charge is 0.340 e. The van der Waals surface area contributed by atoms with Crippen LogP contribution in [0.2, 0.25) is 0 Å². The number of pyridine rings is 1. The van der Waals surface area contributed by atoms with Crippen molar-refractivity contribution in [1.29, 1.82) is 0 Å². The Morgan fingerprint density at radius 1 is 1.32 bits per heavy atom. The molecule has 2 N–H and O–H groups in total. The lowest BCUT2D eigenvalue weighted by atomic mass is 10.3. The normalized spacial score (nSPS) is 13.6. The monoisotopic (exact) mass is 407 g/mol. The standard InChI is InChI=1S/C14H17F4N3O2.2ClH/c15-13(16)14(17,18)8-23-12-4-3-10(6-20-12)21-11(22)7-19-5-9-1-2-9;;/h3-4,6,9,13,19H,1-2,5,7-8H2,(H,21,22);2*1H. The molecule has 1 amide bonds. The lowest BCUT2D eigenvalue weighted by molar-refractivity contribution is -0.148. The molecule has 1 aromatic rings. The quantitative estimate of drug-likeness (QED) is 0.617. The molecule has 1 saturated carbocycles. The van der Waals surface area contributed by atoms with E-state index in [1.54, 1.807) is 0 Å². The molecule has 0 radical (unpaired) electrons. The van der Waals surface area contributed by atoms with Gasteiger partial charge in [-0.1, -0.05) is 0 Å². The van der Waals surface area contributed by atoms with Gasteiger partial charge in [-0.15, -0.1) is 24.8 Å². The van der Waals surface area contributed by atoms with Gasteiger partial charge in [0.25, 0.3) is 0 Å². The van der Waals surface area contributed by atoms with Crippen LogP contribution >= 0.6 is 24.8 Å². The van der Waals surface area contributed by atoms with Gasteiger partial charge < -0.3 is 15.4 Å². The summed E-state index contributed by atoms with van der Waals surface area (Å²) in [6.45, 7) is -0.499. The maximum absolute atomic E-state index is 12.7. The summed E-state index contributed by atoms with van der Waals surface area (Å²) in [5.74, 6) is -4.06. The second kappa shape index (κ2) is 10.6. The van der Waals surface area contributed by atoms with Crippen LogP contribution in [0, 0.1) is 5.92 Å². The summed E-state index contributed by atoms with van der Waals surface area (Å²) in [5.41, 5.74) is 0.358. The molecule has 0 atom stereocenters. The Kier molecular flexibility index (Phi) is 10.1. The number of carbonyl (C=O) groups excluding carboxylic acids is 1. The molecule has 1 fully saturated rings. The predicted molar refractivity (Wildman–Crippen MR) is 89.4 cm³/mol. The van der Waals surface area contributed by atoms with Crippen molar-refractivity contribution in [2.45, 2.75) is 25.2 Å². The molecule has 1 aliphatic carbocycles. The van der Waals surface area contributed by atoms with Crippen molar-refractivity contribution < 1.29 is 27.1 Å². The number of ether oxygens (including phenoxy) is 1. The van der Waals surface area contributed by atoms with Crippen molar-refractivity contribution in [3.8, 4) is 5.88 Å². The summed E-state index contributed by atoms with van der Waals surface area (Å²) in [6.07, 6.45) is -0.228. The van der Waals surface area contributed by atoms with E-state index in [1.165, 1.54) is 31.2 Å². The van der Waals surface area contributed by atoms with Gasteiger partial charge >= 0.3 is 12.3 Å². The average molecular weight is 408 g/mol. The van der Waals surface area contributed by atoms with Gasteiger partial charge in [0.15, 0.2) is 6.61 Å². The van der Waals surface area contributed by atoms with Crippen LogP contribution < -0.4 is 15.4 Å². The highest BCUT2D eigenvalue weighted by Crippen LogP contribution is 2.27. The van der Waals surface area contributed by atoms with Crippen LogP contribution in [-0.4, -0.2) is 42.9 Å². The Morgan fingerprint density at radius 3 is 2.52 bits per heavy atom. The second-order valence-electron chi connectivity index (χ2n) is 5.36. The van der Waals surface area contributed by atoms with Crippen molar-refractivity contribution >= 4 is 36.4 Å². The van der Waals surface area contributed by atoms with Gasteiger partial charge in [0.2, 0.25) is 11.8 Å². The Balaban J connectivity index is 0.00000288. The first-order valence-electron chi connectivity index (χ1n) is 7.12. The van der Waals surface area contributed by atoms with Crippen LogP contribution in [-0.2, 0) is 4.79 Å². The van der Waals surface area contributed by atoms with Gasteiger partial charge in [-0.25, -0.2) is 13.8 Å². The molecular weight excluding hydrogens is 389 g/mol. The van der Waals surface area contributed by atoms with Crippen LogP contribution in [0.15, 0.2) is 18.3 Å². The highest BCUT2D eigenvalue weighted by Gasteiger charge is 2.41. The summed E-state index contributed by atoms with van der Waals surface area (Å²) in [5, 5.41) is 5.58. The number of nitrogens with one attached hydrogen (secondary N) is 2. The molecule has 25 heavy (non-hydrogen) atoms. The number of aromatic nitrogens is 1. The minimum absolute atomic E-state index is 0. The third-order valence-electron chi connectivity index (χ3n) is 3.17. The molecule has 1 heterocycles. The summed E-state index contributed by atoms with van der Waals surface area (Å²) in [7, 11) is 0. The van der Waals surface area contributed by atoms with Gasteiger partial charge in [-0.2, -0.15) is 8.78 Å². The number of hydrogen-bond donors (Lipinski definition) is 2. The molecule has 0 aromatic carbocycles. The Labute approximate surface area is 154 Å². The van der Waals surface area contributed by atoms with E-state index in [1.807, 2.05) is 0 Å². The SMILES string of the molecule is Cl.Cl.O=C(CNCC1CC1)Nc1ccc(OCC(F)(F)C(F)F)nc1. The number of anilines is 1. The van der Waals surface area contributed by atoms with Crippen molar-refractivity contribution in [2.24, 2.45) is 5.92 Å². The van der Waals surface area contributed by atoms with Crippen molar-refractivity contribution in [3.05, 3.63) is 18.3 Å². The highest BCUT2D eigenvalue weighted by molar-refractivity contribution is 5.92. The average Bonchev–Trinajstić information content (AvgIpc) is 3.30. The highest BCUT2D eigenvalue weighted by atomic mass is 35.5. The van der Waals surface area contributed by atoms with Crippen LogP contribution in [0.3, 0.4) is 0 Å². The zero-order valence-electron chi connectivity index (χ0n) is 13.0. The molecule has 0 saturated heterocycles. The first-order chi connectivity index (χ1) is 10.9. The molecular formula is C14H19Cl2F4N3O2. The lowest BCUT2D eigenvalue weighted by Gasteiger charge is -2.15. The van der Waals surface area contributed by atoms with Crippen LogP contribution in [0.25, 0.3) is 0 Å². The Morgan fingerprint density at radius 2 is 2.00 bits per heavy atom. The number of amides is 1. The number of alkyl halides is 4. The molecule has 11 heteroatoms. The van der Waals surface area contributed by atoms with Crippen molar-refractivity contribution in [2.75, 3.05) is 25.0 Å². The van der Waals surface area contributed by atoms with E-state index in [0.29, 0.717) is 11.6 Å². The molecule has 144 valence electrons. The number of rotatable bonds is 9. The van der Waals surface area contributed by atoms with Gasteiger partial charge in [0, 0.05) is 6.07 Å². The van der Waals surface area contributed by atoms with Gasteiger partial charge in [-0.3, -0.25) is 4.79 Å².